The molecule has 0 bridgehead atoms. The Hall–Kier alpha value is -3.88. The number of nitrogens with zero attached hydrogens (tertiary/aromatic N) is 1. The fourth-order valence-corrected chi connectivity index (χ4v) is 2.60. The molecule has 3 rings (SSSR count). The van der Waals surface area contributed by atoms with Gasteiger partial charge in [0.15, 0.2) is 0 Å². The predicted molar refractivity (Wildman–Crippen MR) is 102 cm³/mol. The van der Waals surface area contributed by atoms with E-state index in [1.807, 2.05) is 0 Å². The molecule has 0 spiro atoms. The van der Waals surface area contributed by atoms with Crippen LogP contribution in [0.1, 0.15) is 27.2 Å². The highest BCUT2D eigenvalue weighted by molar-refractivity contribution is 5.88. The summed E-state index contributed by atoms with van der Waals surface area (Å²) in [5, 5.41) is 12.6. The van der Waals surface area contributed by atoms with E-state index in [1.165, 1.54) is 30.5 Å². The highest BCUT2D eigenvalue weighted by Crippen LogP contribution is 2.29. The molecule has 0 radical (unpaired) electrons. The molecule has 0 atom stereocenters. The van der Waals surface area contributed by atoms with E-state index in [2.05, 4.69) is 10.5 Å². The third-order valence-corrected chi connectivity index (χ3v) is 4.04. The van der Waals surface area contributed by atoms with E-state index in [9.17, 15) is 22.8 Å². The molecule has 154 valence electrons. The lowest BCUT2D eigenvalue weighted by molar-refractivity contribution is -0.137. The smallest absolute Gasteiger partial charge is 0.416 e. The molecule has 0 aliphatic rings. The molecule has 1 heterocycles. The first kappa shape index (κ1) is 20.8. The molecule has 2 aromatic carbocycles. The quantitative estimate of drug-likeness (QED) is 0.462. The first-order valence-electron chi connectivity index (χ1n) is 8.64. The van der Waals surface area contributed by atoms with Gasteiger partial charge in [-0.2, -0.15) is 18.3 Å². The Kier molecular flexibility index (Phi) is 6.01. The first-order chi connectivity index (χ1) is 14.2. The van der Waals surface area contributed by atoms with Gasteiger partial charge in [-0.15, -0.1) is 0 Å². The van der Waals surface area contributed by atoms with Gasteiger partial charge in [0, 0.05) is 5.56 Å². The van der Waals surface area contributed by atoms with E-state index in [-0.39, 0.29) is 17.5 Å². The molecular weight excluding hydrogens is 401 g/mol. The van der Waals surface area contributed by atoms with Crippen LogP contribution in [0, 0.1) is 0 Å². The Balaban J connectivity index is 1.58. The second-order valence-corrected chi connectivity index (χ2v) is 6.25. The molecule has 30 heavy (non-hydrogen) atoms. The molecule has 3 aromatic rings. The second-order valence-electron chi connectivity index (χ2n) is 6.25. The van der Waals surface area contributed by atoms with Crippen LogP contribution in [-0.2, 0) is 17.4 Å². The number of alkyl halides is 3. The van der Waals surface area contributed by atoms with E-state index in [1.54, 1.807) is 24.3 Å². The van der Waals surface area contributed by atoms with Crippen molar-refractivity contribution in [2.24, 2.45) is 5.10 Å². The van der Waals surface area contributed by atoms with Crippen molar-refractivity contribution in [3.63, 3.8) is 0 Å². The summed E-state index contributed by atoms with van der Waals surface area (Å²) in [6.07, 6.45) is -3.49. The number of aromatic carboxylic acids is 1. The number of furan rings is 1. The molecule has 0 aliphatic carbocycles. The molecule has 0 aliphatic heterocycles. The molecule has 0 fully saturated rings. The minimum atomic E-state index is -4.48. The fourth-order valence-electron chi connectivity index (χ4n) is 2.60. The van der Waals surface area contributed by atoms with Crippen molar-refractivity contribution >= 4 is 18.1 Å². The molecular formula is C21H15F3N2O4. The lowest BCUT2D eigenvalue weighted by Crippen LogP contribution is -2.20. The molecule has 0 saturated heterocycles. The van der Waals surface area contributed by atoms with Gasteiger partial charge in [-0.3, -0.25) is 4.79 Å². The van der Waals surface area contributed by atoms with E-state index in [0.717, 1.165) is 12.1 Å². The van der Waals surface area contributed by atoms with Crippen LogP contribution in [0.15, 0.2) is 70.2 Å². The van der Waals surface area contributed by atoms with Gasteiger partial charge < -0.3 is 9.52 Å². The number of halogens is 3. The summed E-state index contributed by atoms with van der Waals surface area (Å²) in [6, 6.07) is 13.9. The van der Waals surface area contributed by atoms with E-state index >= 15 is 0 Å². The van der Waals surface area contributed by atoms with Crippen molar-refractivity contribution in [1.29, 1.82) is 0 Å². The van der Waals surface area contributed by atoms with Crippen LogP contribution < -0.4 is 5.43 Å². The van der Waals surface area contributed by atoms with Gasteiger partial charge in [-0.25, -0.2) is 10.2 Å². The normalized spacial score (nSPS) is 11.6. The van der Waals surface area contributed by atoms with Crippen LogP contribution in [0.3, 0.4) is 0 Å². The maximum atomic E-state index is 12.7. The number of nitrogens with one attached hydrogen (secondary N) is 1. The number of carboxylic acids is 1. The van der Waals surface area contributed by atoms with Gasteiger partial charge in [0.2, 0.25) is 5.91 Å². The fraction of sp³-hybridized carbons (Fsp3) is 0.0952. The lowest BCUT2D eigenvalue weighted by Gasteiger charge is -2.08. The maximum Gasteiger partial charge on any atom is 0.416 e. The van der Waals surface area contributed by atoms with Crippen molar-refractivity contribution < 1.29 is 32.3 Å². The topological polar surface area (TPSA) is 91.9 Å². The molecule has 2 N–H and O–H groups in total. The number of hydrogen-bond acceptors (Lipinski definition) is 4. The number of carbonyl (C=O) groups excluding carboxylic acids is 1. The summed E-state index contributed by atoms with van der Waals surface area (Å²) in [7, 11) is 0. The maximum absolute atomic E-state index is 12.7. The van der Waals surface area contributed by atoms with Gasteiger partial charge >= 0.3 is 12.1 Å². The molecule has 6 nitrogen and oxygen atoms in total. The zero-order chi connectivity index (χ0) is 21.7. The summed E-state index contributed by atoms with van der Waals surface area (Å²) in [5.41, 5.74) is 2.43. The van der Waals surface area contributed by atoms with Crippen molar-refractivity contribution in [3.8, 4) is 11.3 Å². The molecule has 1 amide bonds. The lowest BCUT2D eigenvalue weighted by atomic mass is 10.1. The number of carboxylic acid groups (broad SMARTS) is 1. The van der Waals surface area contributed by atoms with Crippen molar-refractivity contribution in [1.82, 2.24) is 5.43 Å². The van der Waals surface area contributed by atoms with Gasteiger partial charge in [-0.05, 0) is 35.9 Å². The van der Waals surface area contributed by atoms with Crippen LogP contribution >= 0.6 is 0 Å². The predicted octanol–water partition coefficient (Wildman–Crippen LogP) is 4.36. The highest BCUT2D eigenvalue weighted by atomic mass is 19.4. The van der Waals surface area contributed by atoms with Gasteiger partial charge in [-0.1, -0.05) is 30.3 Å². The number of rotatable bonds is 6. The van der Waals surface area contributed by atoms with Crippen molar-refractivity contribution in [2.75, 3.05) is 0 Å². The summed E-state index contributed by atoms with van der Waals surface area (Å²) in [5.74, 6) is -0.813. The molecule has 1 aromatic heterocycles. The summed E-state index contributed by atoms with van der Waals surface area (Å²) >= 11 is 0. The number of benzene rings is 2. The molecule has 0 unspecified atom stereocenters. The average Bonchev–Trinajstić information content (AvgIpc) is 3.16. The Labute approximate surface area is 168 Å². The van der Waals surface area contributed by atoms with Crippen LogP contribution in [0.2, 0.25) is 0 Å². The summed E-state index contributed by atoms with van der Waals surface area (Å²) in [6.45, 7) is 0. The average molecular weight is 416 g/mol. The third kappa shape index (κ3) is 5.34. The summed E-state index contributed by atoms with van der Waals surface area (Å²) < 4.78 is 43.7. The zero-order valence-corrected chi connectivity index (χ0v) is 15.3. The Morgan fingerprint density at radius 1 is 1.07 bits per heavy atom. The SMILES string of the molecule is O=C(Cc1cccc(C(F)(F)F)c1)N/N=C/c1ccc(-c2ccc(C(=O)O)cc2)o1. The van der Waals surface area contributed by atoms with Crippen LogP contribution in [-0.4, -0.2) is 23.2 Å². The minimum absolute atomic E-state index is 0.149. The minimum Gasteiger partial charge on any atom is -0.478 e. The van der Waals surface area contributed by atoms with Gasteiger partial charge in [0.1, 0.15) is 11.5 Å². The number of carbonyl (C=O) groups is 2. The highest BCUT2D eigenvalue weighted by Gasteiger charge is 2.30. The largest absolute Gasteiger partial charge is 0.478 e. The molecule has 9 heteroatoms. The van der Waals surface area contributed by atoms with E-state index < -0.39 is 23.6 Å². The third-order valence-electron chi connectivity index (χ3n) is 4.04. The van der Waals surface area contributed by atoms with Gasteiger partial charge in [0.25, 0.3) is 0 Å². The van der Waals surface area contributed by atoms with Crippen molar-refractivity contribution in [3.05, 3.63) is 83.1 Å². The Morgan fingerprint density at radius 3 is 2.47 bits per heavy atom. The monoisotopic (exact) mass is 416 g/mol. The van der Waals surface area contributed by atoms with Crippen LogP contribution in [0.25, 0.3) is 11.3 Å². The Morgan fingerprint density at radius 2 is 1.80 bits per heavy atom. The van der Waals surface area contributed by atoms with Crippen molar-refractivity contribution in [2.45, 2.75) is 12.6 Å². The van der Waals surface area contributed by atoms with E-state index in [0.29, 0.717) is 17.1 Å². The van der Waals surface area contributed by atoms with Crippen LogP contribution in [0.4, 0.5) is 13.2 Å². The Bertz CT molecular complexity index is 1090. The number of hydrazone groups is 1. The van der Waals surface area contributed by atoms with Gasteiger partial charge in [0.05, 0.1) is 23.8 Å². The van der Waals surface area contributed by atoms with E-state index in [4.69, 9.17) is 9.52 Å². The second kappa shape index (κ2) is 8.64. The number of amides is 1. The number of hydrogen-bond donors (Lipinski definition) is 2. The first-order valence-corrected chi connectivity index (χ1v) is 8.64. The summed E-state index contributed by atoms with van der Waals surface area (Å²) in [4.78, 5) is 22.8. The molecule has 0 saturated carbocycles. The standard InChI is InChI=1S/C21H15F3N2O4/c22-21(23,24)16-3-1-2-13(10-16)11-19(27)26-25-12-17-8-9-18(30-17)14-4-6-15(7-5-14)20(28)29/h1-10,12H,11H2,(H,26,27)(H,28,29)/b25-12+. The zero-order valence-electron chi connectivity index (χ0n) is 15.3. The van der Waals surface area contributed by atoms with Crippen LogP contribution in [0.5, 0.6) is 0 Å².